The SMILES string of the molecule is Cc1ccc(C)c(S(=O)(=O)NC2CCN(C(=O)c3ccc(C(F)(F)F)cc3)CC2)c1. The van der Waals surface area contributed by atoms with Crippen LogP contribution in [0.2, 0.25) is 0 Å². The van der Waals surface area contributed by atoms with E-state index in [4.69, 9.17) is 0 Å². The largest absolute Gasteiger partial charge is 0.416 e. The molecule has 2 aromatic carbocycles. The van der Waals surface area contributed by atoms with Crippen LogP contribution in [0.25, 0.3) is 0 Å². The van der Waals surface area contributed by atoms with E-state index in [2.05, 4.69) is 4.72 Å². The van der Waals surface area contributed by atoms with Crippen LogP contribution in [-0.2, 0) is 16.2 Å². The summed E-state index contributed by atoms with van der Waals surface area (Å²) >= 11 is 0. The molecule has 0 bridgehead atoms. The van der Waals surface area contributed by atoms with Gasteiger partial charge in [-0.15, -0.1) is 0 Å². The highest BCUT2D eigenvalue weighted by Gasteiger charge is 2.31. The maximum atomic E-state index is 12.7. The van der Waals surface area contributed by atoms with Crippen molar-refractivity contribution in [3.63, 3.8) is 0 Å². The first-order valence-electron chi connectivity index (χ1n) is 9.53. The minimum atomic E-state index is -4.45. The summed E-state index contributed by atoms with van der Waals surface area (Å²) in [6.07, 6.45) is -3.60. The van der Waals surface area contributed by atoms with Gasteiger partial charge in [0.15, 0.2) is 0 Å². The first-order chi connectivity index (χ1) is 14.0. The summed E-state index contributed by atoms with van der Waals surface area (Å²) in [6, 6.07) is 9.03. The molecule has 0 unspecified atom stereocenters. The first kappa shape index (κ1) is 22.3. The molecule has 1 fully saturated rings. The number of likely N-dealkylation sites (tertiary alicyclic amines) is 1. The highest BCUT2D eigenvalue weighted by molar-refractivity contribution is 7.89. The summed E-state index contributed by atoms with van der Waals surface area (Å²) < 4.78 is 66.2. The van der Waals surface area contributed by atoms with Crippen LogP contribution in [0, 0.1) is 13.8 Å². The Morgan fingerprint density at radius 1 is 1.03 bits per heavy atom. The number of alkyl halides is 3. The third kappa shape index (κ3) is 5.02. The highest BCUT2D eigenvalue weighted by atomic mass is 32.2. The van der Waals surface area contributed by atoms with Crippen molar-refractivity contribution in [2.75, 3.05) is 13.1 Å². The van der Waals surface area contributed by atoms with E-state index < -0.39 is 21.8 Å². The summed E-state index contributed by atoms with van der Waals surface area (Å²) in [5.74, 6) is -0.362. The number of hydrogen-bond donors (Lipinski definition) is 1. The van der Waals surface area contributed by atoms with E-state index in [0.29, 0.717) is 31.5 Å². The quantitative estimate of drug-likeness (QED) is 0.784. The zero-order valence-corrected chi connectivity index (χ0v) is 17.5. The number of benzene rings is 2. The molecule has 2 aromatic rings. The molecule has 1 amide bonds. The molecular formula is C21H23F3N2O3S. The number of carbonyl (C=O) groups excluding carboxylic acids is 1. The maximum absolute atomic E-state index is 12.7. The lowest BCUT2D eigenvalue weighted by Gasteiger charge is -2.32. The van der Waals surface area contributed by atoms with Crippen LogP contribution in [0.1, 0.15) is 39.9 Å². The van der Waals surface area contributed by atoms with Gasteiger partial charge in [0, 0.05) is 24.7 Å². The maximum Gasteiger partial charge on any atom is 0.416 e. The van der Waals surface area contributed by atoms with Crippen LogP contribution >= 0.6 is 0 Å². The fraction of sp³-hybridized carbons (Fsp3) is 0.381. The fourth-order valence-corrected chi connectivity index (χ4v) is 5.10. The van der Waals surface area contributed by atoms with Crippen LogP contribution in [-0.4, -0.2) is 38.4 Å². The van der Waals surface area contributed by atoms with Crippen LogP contribution in [0.4, 0.5) is 13.2 Å². The summed E-state index contributed by atoms with van der Waals surface area (Å²) in [5.41, 5.74) is 0.872. The van der Waals surface area contributed by atoms with Gasteiger partial charge in [-0.25, -0.2) is 13.1 Å². The van der Waals surface area contributed by atoms with Crippen molar-refractivity contribution in [3.05, 3.63) is 64.7 Å². The lowest BCUT2D eigenvalue weighted by molar-refractivity contribution is -0.137. The van der Waals surface area contributed by atoms with Crippen molar-refractivity contribution in [2.45, 2.75) is 43.8 Å². The Morgan fingerprint density at radius 3 is 2.20 bits per heavy atom. The van der Waals surface area contributed by atoms with Gasteiger partial charge >= 0.3 is 6.18 Å². The van der Waals surface area contributed by atoms with Gasteiger partial charge in [0.1, 0.15) is 0 Å². The van der Waals surface area contributed by atoms with Gasteiger partial charge in [0.05, 0.1) is 10.5 Å². The number of halogens is 3. The van der Waals surface area contributed by atoms with Crippen molar-refractivity contribution in [1.29, 1.82) is 0 Å². The number of hydrogen-bond acceptors (Lipinski definition) is 3. The molecule has 5 nitrogen and oxygen atoms in total. The lowest BCUT2D eigenvalue weighted by Crippen LogP contribution is -2.46. The molecule has 3 rings (SSSR count). The smallest absolute Gasteiger partial charge is 0.339 e. The highest BCUT2D eigenvalue weighted by Crippen LogP contribution is 2.29. The molecule has 9 heteroatoms. The Labute approximate surface area is 173 Å². The Balaban J connectivity index is 1.62. The van der Waals surface area contributed by atoms with Gasteiger partial charge in [-0.05, 0) is 68.1 Å². The molecule has 0 aliphatic carbocycles. The fourth-order valence-electron chi connectivity index (χ4n) is 3.46. The van der Waals surface area contributed by atoms with E-state index in [1.807, 2.05) is 13.0 Å². The summed E-state index contributed by atoms with van der Waals surface area (Å²) in [6.45, 7) is 4.20. The number of amides is 1. The second-order valence-corrected chi connectivity index (χ2v) is 9.21. The lowest BCUT2D eigenvalue weighted by atomic mass is 10.0. The van der Waals surface area contributed by atoms with Crippen molar-refractivity contribution in [1.82, 2.24) is 9.62 Å². The van der Waals surface area contributed by atoms with E-state index in [9.17, 15) is 26.4 Å². The van der Waals surface area contributed by atoms with Crippen molar-refractivity contribution in [2.24, 2.45) is 0 Å². The zero-order chi connectivity index (χ0) is 22.1. The van der Waals surface area contributed by atoms with Crippen LogP contribution < -0.4 is 4.72 Å². The van der Waals surface area contributed by atoms with Gasteiger partial charge in [-0.3, -0.25) is 4.79 Å². The standard InChI is InChI=1S/C21H23F3N2O3S/c1-14-3-4-15(2)19(13-14)30(28,29)25-18-9-11-26(12-10-18)20(27)16-5-7-17(8-6-16)21(22,23)24/h3-8,13,18,25H,9-12H2,1-2H3. The molecule has 1 heterocycles. The molecule has 0 atom stereocenters. The Hall–Kier alpha value is -2.39. The molecule has 162 valence electrons. The predicted molar refractivity (Wildman–Crippen MR) is 107 cm³/mol. The molecule has 1 aliphatic rings. The third-order valence-electron chi connectivity index (χ3n) is 5.20. The van der Waals surface area contributed by atoms with E-state index in [0.717, 1.165) is 17.7 Å². The molecule has 1 saturated heterocycles. The van der Waals surface area contributed by atoms with Gasteiger partial charge in [-0.2, -0.15) is 13.2 Å². The number of nitrogens with one attached hydrogen (secondary N) is 1. The van der Waals surface area contributed by atoms with Gasteiger partial charge < -0.3 is 4.90 Å². The van der Waals surface area contributed by atoms with Crippen molar-refractivity contribution in [3.8, 4) is 0 Å². The van der Waals surface area contributed by atoms with Crippen molar-refractivity contribution < 1.29 is 26.4 Å². The summed E-state index contributed by atoms with van der Waals surface area (Å²) in [7, 11) is -3.68. The summed E-state index contributed by atoms with van der Waals surface area (Å²) in [4.78, 5) is 14.3. The summed E-state index contributed by atoms with van der Waals surface area (Å²) in [5, 5.41) is 0. The Morgan fingerprint density at radius 2 is 1.63 bits per heavy atom. The van der Waals surface area contributed by atoms with Crippen LogP contribution in [0.5, 0.6) is 0 Å². The average molecular weight is 440 g/mol. The third-order valence-corrected chi connectivity index (χ3v) is 6.86. The molecule has 0 saturated carbocycles. The molecule has 0 aromatic heterocycles. The van der Waals surface area contributed by atoms with Crippen molar-refractivity contribution >= 4 is 15.9 Å². The Kier molecular flexibility index (Phi) is 6.24. The normalized spacial score (nSPS) is 16.0. The molecule has 0 radical (unpaired) electrons. The minimum Gasteiger partial charge on any atom is -0.339 e. The Bertz CT molecular complexity index is 1030. The number of rotatable bonds is 4. The number of nitrogens with zero attached hydrogens (tertiary/aromatic N) is 1. The second-order valence-electron chi connectivity index (χ2n) is 7.53. The second kappa shape index (κ2) is 8.39. The molecule has 1 aliphatic heterocycles. The number of sulfonamides is 1. The first-order valence-corrected chi connectivity index (χ1v) is 11.0. The predicted octanol–water partition coefficient (Wildman–Crippen LogP) is 3.91. The molecule has 0 spiro atoms. The molecule has 30 heavy (non-hydrogen) atoms. The van der Waals surface area contributed by atoms with E-state index in [-0.39, 0.29) is 22.4 Å². The number of piperidine rings is 1. The van der Waals surface area contributed by atoms with E-state index in [1.165, 1.54) is 17.0 Å². The average Bonchev–Trinajstić information content (AvgIpc) is 2.69. The molecule has 1 N–H and O–H groups in total. The van der Waals surface area contributed by atoms with Gasteiger partial charge in [0.25, 0.3) is 5.91 Å². The van der Waals surface area contributed by atoms with Crippen LogP contribution in [0.3, 0.4) is 0 Å². The zero-order valence-electron chi connectivity index (χ0n) is 16.7. The topological polar surface area (TPSA) is 66.5 Å². The van der Waals surface area contributed by atoms with Crippen LogP contribution in [0.15, 0.2) is 47.4 Å². The van der Waals surface area contributed by atoms with Gasteiger partial charge in [0.2, 0.25) is 10.0 Å². The number of carbonyl (C=O) groups is 1. The van der Waals surface area contributed by atoms with E-state index in [1.54, 1.807) is 19.1 Å². The van der Waals surface area contributed by atoms with Gasteiger partial charge in [-0.1, -0.05) is 12.1 Å². The monoisotopic (exact) mass is 440 g/mol. The van der Waals surface area contributed by atoms with E-state index >= 15 is 0 Å². The number of aryl methyl sites for hydroxylation is 2. The minimum absolute atomic E-state index is 0.178. The molecular weight excluding hydrogens is 417 g/mol.